The van der Waals surface area contributed by atoms with E-state index in [-0.39, 0.29) is 5.91 Å². The summed E-state index contributed by atoms with van der Waals surface area (Å²) in [6.07, 6.45) is 7.45. The third-order valence-corrected chi connectivity index (χ3v) is 3.34. The molecule has 0 aliphatic heterocycles. The Kier molecular flexibility index (Phi) is 3.47. The molecule has 0 saturated heterocycles. The molecule has 0 bridgehead atoms. The van der Waals surface area contributed by atoms with E-state index in [2.05, 4.69) is 21.5 Å². The molecule has 2 heterocycles. The molecule has 0 radical (unpaired) electrons. The zero-order valence-electron chi connectivity index (χ0n) is 10.9. The van der Waals surface area contributed by atoms with Gasteiger partial charge in [0.05, 0.1) is 29.5 Å². The van der Waals surface area contributed by atoms with Crippen molar-refractivity contribution in [2.75, 3.05) is 0 Å². The number of hydrogen-bond donors (Lipinski definition) is 1. The summed E-state index contributed by atoms with van der Waals surface area (Å²) < 4.78 is 1.58. The Hall–Kier alpha value is -2.42. The number of nitrogens with zero attached hydrogens (tertiary/aromatic N) is 4. The van der Waals surface area contributed by atoms with Gasteiger partial charge in [0, 0.05) is 12.4 Å². The third kappa shape index (κ3) is 2.27. The smallest absolute Gasteiger partial charge is 0.256 e. The molecule has 1 N–H and O–H groups in total. The molecule has 0 aromatic carbocycles. The van der Waals surface area contributed by atoms with Crippen LogP contribution < -0.4 is 5.32 Å². The number of amides is 1. The molecule has 2 rings (SSSR count). The van der Waals surface area contributed by atoms with Crippen molar-refractivity contribution in [3.05, 3.63) is 30.4 Å². The standard InChI is InChI=1S/C13H15N5O/c1-3-13(4-2,9-14)17-12(19)10-7-16-18-6-5-15-8-11(10)18/h5-8H,3-4H2,1-2H3,(H,17,19). The summed E-state index contributed by atoms with van der Waals surface area (Å²) >= 11 is 0. The minimum Gasteiger partial charge on any atom is -0.334 e. The molecule has 19 heavy (non-hydrogen) atoms. The van der Waals surface area contributed by atoms with E-state index in [4.69, 9.17) is 0 Å². The van der Waals surface area contributed by atoms with Gasteiger partial charge in [0.15, 0.2) is 0 Å². The van der Waals surface area contributed by atoms with Crippen LogP contribution in [0.15, 0.2) is 24.8 Å². The Morgan fingerprint density at radius 2 is 2.21 bits per heavy atom. The minimum absolute atomic E-state index is 0.298. The monoisotopic (exact) mass is 257 g/mol. The van der Waals surface area contributed by atoms with Crippen LogP contribution in [0, 0.1) is 11.3 Å². The van der Waals surface area contributed by atoms with Crippen LogP contribution >= 0.6 is 0 Å². The minimum atomic E-state index is -0.826. The average Bonchev–Trinajstić information content (AvgIpc) is 2.89. The van der Waals surface area contributed by atoms with E-state index in [0.717, 1.165) is 0 Å². The van der Waals surface area contributed by atoms with Crippen molar-refractivity contribution < 1.29 is 4.79 Å². The van der Waals surface area contributed by atoms with E-state index < -0.39 is 5.54 Å². The van der Waals surface area contributed by atoms with Crippen molar-refractivity contribution in [3.63, 3.8) is 0 Å². The van der Waals surface area contributed by atoms with Gasteiger partial charge in [-0.15, -0.1) is 0 Å². The lowest BCUT2D eigenvalue weighted by atomic mass is 9.94. The van der Waals surface area contributed by atoms with E-state index >= 15 is 0 Å². The normalized spacial score (nSPS) is 11.2. The number of fused-ring (bicyclic) bond motifs is 1. The van der Waals surface area contributed by atoms with Gasteiger partial charge in [0.25, 0.3) is 5.91 Å². The average molecular weight is 257 g/mol. The molecule has 6 nitrogen and oxygen atoms in total. The van der Waals surface area contributed by atoms with Crippen LogP contribution in [-0.4, -0.2) is 26.0 Å². The Labute approximate surface area is 111 Å². The summed E-state index contributed by atoms with van der Waals surface area (Å²) in [6, 6.07) is 2.18. The number of aromatic nitrogens is 3. The quantitative estimate of drug-likeness (QED) is 0.900. The number of hydrogen-bond acceptors (Lipinski definition) is 4. The number of rotatable bonds is 4. The van der Waals surface area contributed by atoms with Crippen molar-refractivity contribution in [3.8, 4) is 6.07 Å². The zero-order chi connectivity index (χ0) is 13.9. The Balaban J connectivity index is 2.33. The Morgan fingerprint density at radius 1 is 1.47 bits per heavy atom. The van der Waals surface area contributed by atoms with Crippen LogP contribution in [0.5, 0.6) is 0 Å². The predicted octanol–water partition coefficient (Wildman–Crippen LogP) is 1.54. The van der Waals surface area contributed by atoms with E-state index in [1.54, 1.807) is 23.1 Å². The highest BCUT2D eigenvalue weighted by molar-refractivity contribution is 6.01. The van der Waals surface area contributed by atoms with Crippen LogP contribution in [-0.2, 0) is 0 Å². The second kappa shape index (κ2) is 5.06. The second-order valence-corrected chi connectivity index (χ2v) is 4.32. The molecule has 0 aliphatic rings. The fourth-order valence-electron chi connectivity index (χ4n) is 1.91. The van der Waals surface area contributed by atoms with E-state index in [1.807, 2.05) is 13.8 Å². The van der Waals surface area contributed by atoms with Crippen LogP contribution in [0.3, 0.4) is 0 Å². The van der Waals surface area contributed by atoms with Gasteiger partial charge in [-0.3, -0.25) is 9.78 Å². The fourth-order valence-corrected chi connectivity index (χ4v) is 1.91. The summed E-state index contributed by atoms with van der Waals surface area (Å²) in [5.41, 5.74) is 0.224. The molecular formula is C13H15N5O. The highest BCUT2D eigenvalue weighted by Gasteiger charge is 2.29. The van der Waals surface area contributed by atoms with Gasteiger partial charge in [0.2, 0.25) is 0 Å². The topological polar surface area (TPSA) is 83.1 Å². The summed E-state index contributed by atoms with van der Waals surface area (Å²) in [5.74, 6) is -0.298. The summed E-state index contributed by atoms with van der Waals surface area (Å²) in [4.78, 5) is 16.2. The van der Waals surface area contributed by atoms with Gasteiger partial charge in [-0.1, -0.05) is 13.8 Å². The molecule has 0 fully saturated rings. The van der Waals surface area contributed by atoms with Crippen LogP contribution in [0.25, 0.3) is 5.52 Å². The number of carbonyl (C=O) groups is 1. The van der Waals surface area contributed by atoms with Crippen molar-refractivity contribution in [2.24, 2.45) is 0 Å². The summed E-state index contributed by atoms with van der Waals surface area (Å²) in [6.45, 7) is 3.76. The first kappa shape index (κ1) is 13.0. The summed E-state index contributed by atoms with van der Waals surface area (Å²) in [7, 11) is 0. The van der Waals surface area contributed by atoms with Gasteiger partial charge in [-0.05, 0) is 12.8 Å². The highest BCUT2D eigenvalue weighted by Crippen LogP contribution is 2.16. The van der Waals surface area contributed by atoms with Gasteiger partial charge < -0.3 is 5.32 Å². The number of carbonyl (C=O) groups excluding carboxylic acids is 1. The van der Waals surface area contributed by atoms with Crippen molar-refractivity contribution in [2.45, 2.75) is 32.2 Å². The lowest BCUT2D eigenvalue weighted by Crippen LogP contribution is -2.46. The lowest BCUT2D eigenvalue weighted by molar-refractivity contribution is 0.0917. The van der Waals surface area contributed by atoms with Gasteiger partial charge >= 0.3 is 0 Å². The first-order valence-electron chi connectivity index (χ1n) is 6.17. The maximum Gasteiger partial charge on any atom is 0.256 e. The van der Waals surface area contributed by atoms with E-state index in [1.165, 1.54) is 6.20 Å². The molecule has 0 spiro atoms. The van der Waals surface area contributed by atoms with Crippen LogP contribution in [0.1, 0.15) is 37.0 Å². The summed E-state index contributed by atoms with van der Waals surface area (Å²) in [5, 5.41) is 16.1. The molecule has 0 aliphatic carbocycles. The molecule has 0 atom stereocenters. The largest absolute Gasteiger partial charge is 0.334 e. The molecule has 6 heteroatoms. The van der Waals surface area contributed by atoms with Crippen LogP contribution in [0.2, 0.25) is 0 Å². The Bertz CT molecular complexity index is 636. The molecule has 0 unspecified atom stereocenters. The highest BCUT2D eigenvalue weighted by atomic mass is 16.1. The zero-order valence-corrected chi connectivity index (χ0v) is 10.9. The number of nitriles is 1. The second-order valence-electron chi connectivity index (χ2n) is 4.32. The third-order valence-electron chi connectivity index (χ3n) is 3.34. The van der Waals surface area contributed by atoms with Gasteiger partial charge in [0.1, 0.15) is 5.54 Å². The Morgan fingerprint density at radius 3 is 2.84 bits per heavy atom. The van der Waals surface area contributed by atoms with Crippen molar-refractivity contribution >= 4 is 11.4 Å². The SMILES string of the molecule is CCC(C#N)(CC)NC(=O)c1cnn2ccncc12. The van der Waals surface area contributed by atoms with Crippen LogP contribution in [0.4, 0.5) is 0 Å². The fraction of sp³-hybridized carbons (Fsp3) is 0.385. The molecular weight excluding hydrogens is 242 g/mol. The lowest BCUT2D eigenvalue weighted by Gasteiger charge is -2.24. The molecule has 98 valence electrons. The molecule has 2 aromatic heterocycles. The van der Waals surface area contributed by atoms with E-state index in [9.17, 15) is 10.1 Å². The van der Waals surface area contributed by atoms with E-state index in [0.29, 0.717) is 23.9 Å². The molecule has 0 saturated carbocycles. The first-order valence-corrected chi connectivity index (χ1v) is 6.17. The molecule has 2 aromatic rings. The maximum absolute atomic E-state index is 12.3. The predicted molar refractivity (Wildman–Crippen MR) is 69.4 cm³/mol. The van der Waals surface area contributed by atoms with Gasteiger partial charge in [-0.2, -0.15) is 10.4 Å². The number of nitrogens with one attached hydrogen (secondary N) is 1. The van der Waals surface area contributed by atoms with Crippen molar-refractivity contribution in [1.82, 2.24) is 19.9 Å². The maximum atomic E-state index is 12.3. The van der Waals surface area contributed by atoms with Crippen molar-refractivity contribution in [1.29, 1.82) is 5.26 Å². The first-order chi connectivity index (χ1) is 9.15. The molecule has 1 amide bonds. The van der Waals surface area contributed by atoms with Gasteiger partial charge in [-0.25, -0.2) is 4.52 Å².